The highest BCUT2D eigenvalue weighted by Gasteiger charge is 2.43. The van der Waals surface area contributed by atoms with Gasteiger partial charge in [0, 0.05) is 18.1 Å². The first-order chi connectivity index (χ1) is 9.57. The van der Waals surface area contributed by atoms with Gasteiger partial charge in [0.15, 0.2) is 0 Å². The lowest BCUT2D eigenvalue weighted by atomic mass is 9.69. The van der Waals surface area contributed by atoms with Crippen molar-refractivity contribution in [1.29, 1.82) is 0 Å². The Morgan fingerprint density at radius 3 is 2.30 bits per heavy atom. The van der Waals surface area contributed by atoms with E-state index in [0.717, 1.165) is 24.0 Å². The van der Waals surface area contributed by atoms with Gasteiger partial charge in [0.25, 0.3) is 0 Å². The lowest BCUT2D eigenvalue weighted by Gasteiger charge is -2.47. The molecule has 116 valence electrons. The van der Waals surface area contributed by atoms with Gasteiger partial charge >= 0.3 is 0 Å². The Labute approximate surface area is 125 Å². The normalized spacial score (nSPS) is 40.4. The van der Waals surface area contributed by atoms with Gasteiger partial charge in [-0.15, -0.1) is 0 Å². The van der Waals surface area contributed by atoms with E-state index in [1.807, 2.05) is 0 Å². The van der Waals surface area contributed by atoms with Crippen LogP contribution in [0.1, 0.15) is 72.1 Å². The average molecular weight is 278 g/mol. The summed E-state index contributed by atoms with van der Waals surface area (Å²) in [6, 6.07) is 2.49. The molecule has 1 saturated carbocycles. The van der Waals surface area contributed by atoms with Crippen LogP contribution in [0, 0.1) is 11.3 Å². The highest BCUT2D eigenvalue weighted by atomic mass is 15.2. The van der Waals surface area contributed by atoms with Crippen molar-refractivity contribution in [3.8, 4) is 0 Å². The minimum atomic E-state index is 0.474. The SMILES string of the molecule is CC(C)(C)C1CCCCC1N1CCCC1C1CCCN1. The first-order valence-electron chi connectivity index (χ1n) is 9.06. The second kappa shape index (κ2) is 5.96. The molecule has 4 atom stereocenters. The monoisotopic (exact) mass is 278 g/mol. The number of nitrogens with zero attached hydrogens (tertiary/aromatic N) is 1. The van der Waals surface area contributed by atoms with Gasteiger partial charge in [0.1, 0.15) is 0 Å². The zero-order valence-electron chi connectivity index (χ0n) is 13.8. The summed E-state index contributed by atoms with van der Waals surface area (Å²) >= 11 is 0. The molecule has 0 amide bonds. The van der Waals surface area contributed by atoms with E-state index in [4.69, 9.17) is 0 Å². The van der Waals surface area contributed by atoms with Crippen molar-refractivity contribution >= 4 is 0 Å². The van der Waals surface area contributed by atoms with Crippen LogP contribution in [0.25, 0.3) is 0 Å². The van der Waals surface area contributed by atoms with Gasteiger partial charge in [-0.25, -0.2) is 0 Å². The Hall–Kier alpha value is -0.0800. The smallest absolute Gasteiger partial charge is 0.0252 e. The molecule has 2 saturated heterocycles. The van der Waals surface area contributed by atoms with Crippen LogP contribution >= 0.6 is 0 Å². The maximum atomic E-state index is 3.78. The Morgan fingerprint density at radius 1 is 0.850 bits per heavy atom. The van der Waals surface area contributed by atoms with Gasteiger partial charge in [-0.1, -0.05) is 33.6 Å². The van der Waals surface area contributed by atoms with Crippen molar-refractivity contribution in [2.75, 3.05) is 13.1 Å². The summed E-state index contributed by atoms with van der Waals surface area (Å²) in [5.41, 5.74) is 0.474. The fourth-order valence-electron chi connectivity index (χ4n) is 5.22. The molecule has 2 heterocycles. The minimum absolute atomic E-state index is 0.474. The van der Waals surface area contributed by atoms with Gasteiger partial charge in [0.05, 0.1) is 0 Å². The predicted octanol–water partition coefficient (Wildman–Crippen LogP) is 3.81. The Balaban J connectivity index is 1.74. The van der Waals surface area contributed by atoms with E-state index in [-0.39, 0.29) is 0 Å². The summed E-state index contributed by atoms with van der Waals surface area (Å²) in [5, 5.41) is 3.78. The van der Waals surface area contributed by atoms with Crippen LogP contribution in [0.15, 0.2) is 0 Å². The topological polar surface area (TPSA) is 15.3 Å². The highest BCUT2D eigenvalue weighted by Crippen LogP contribution is 2.43. The van der Waals surface area contributed by atoms with E-state index in [0.29, 0.717) is 5.41 Å². The molecule has 0 aromatic heterocycles. The van der Waals surface area contributed by atoms with E-state index in [2.05, 4.69) is 31.0 Å². The maximum absolute atomic E-state index is 3.78. The van der Waals surface area contributed by atoms with E-state index in [1.165, 1.54) is 64.5 Å². The van der Waals surface area contributed by atoms with Crippen LogP contribution in [0.4, 0.5) is 0 Å². The van der Waals surface area contributed by atoms with Gasteiger partial charge in [0.2, 0.25) is 0 Å². The number of hydrogen-bond acceptors (Lipinski definition) is 2. The molecule has 4 unspecified atom stereocenters. The van der Waals surface area contributed by atoms with Crippen LogP contribution in [0.2, 0.25) is 0 Å². The number of hydrogen-bond donors (Lipinski definition) is 1. The molecule has 1 N–H and O–H groups in total. The number of likely N-dealkylation sites (tertiary alicyclic amines) is 1. The second-order valence-corrected chi connectivity index (χ2v) is 8.47. The fraction of sp³-hybridized carbons (Fsp3) is 1.00. The minimum Gasteiger partial charge on any atom is -0.312 e. The zero-order chi connectivity index (χ0) is 14.2. The van der Waals surface area contributed by atoms with Crippen LogP contribution in [0.5, 0.6) is 0 Å². The molecule has 2 nitrogen and oxygen atoms in total. The number of rotatable bonds is 2. The molecule has 1 aliphatic carbocycles. The first-order valence-corrected chi connectivity index (χ1v) is 9.06. The lowest BCUT2D eigenvalue weighted by Crippen LogP contribution is -2.53. The summed E-state index contributed by atoms with van der Waals surface area (Å²) < 4.78 is 0. The van der Waals surface area contributed by atoms with Crippen molar-refractivity contribution in [3.05, 3.63) is 0 Å². The van der Waals surface area contributed by atoms with Crippen LogP contribution in [0.3, 0.4) is 0 Å². The van der Waals surface area contributed by atoms with Crippen molar-refractivity contribution in [3.63, 3.8) is 0 Å². The standard InChI is InChI=1S/C18H34N2/c1-18(2,3)14-8-4-5-10-16(14)20-13-7-11-17(20)15-9-6-12-19-15/h14-17,19H,4-13H2,1-3H3. The lowest BCUT2D eigenvalue weighted by molar-refractivity contribution is 0.0263. The van der Waals surface area contributed by atoms with Gasteiger partial charge in [-0.05, 0) is 62.9 Å². The summed E-state index contributed by atoms with van der Waals surface area (Å²) in [5.74, 6) is 0.901. The third-order valence-electron chi connectivity index (χ3n) is 6.17. The summed E-state index contributed by atoms with van der Waals surface area (Å²) in [6.07, 6.45) is 11.5. The summed E-state index contributed by atoms with van der Waals surface area (Å²) in [6.45, 7) is 10.0. The second-order valence-electron chi connectivity index (χ2n) is 8.47. The molecule has 0 radical (unpaired) electrons. The van der Waals surface area contributed by atoms with E-state index < -0.39 is 0 Å². The van der Waals surface area contributed by atoms with E-state index in [9.17, 15) is 0 Å². The molecule has 0 bridgehead atoms. The largest absolute Gasteiger partial charge is 0.312 e. The number of nitrogens with one attached hydrogen (secondary N) is 1. The molecule has 0 aromatic rings. The molecular weight excluding hydrogens is 244 g/mol. The molecule has 20 heavy (non-hydrogen) atoms. The van der Waals surface area contributed by atoms with Crippen molar-refractivity contribution in [1.82, 2.24) is 10.2 Å². The fourth-order valence-corrected chi connectivity index (χ4v) is 5.22. The van der Waals surface area contributed by atoms with Crippen LogP contribution in [-0.4, -0.2) is 36.1 Å². The van der Waals surface area contributed by atoms with Gasteiger partial charge in [-0.2, -0.15) is 0 Å². The summed E-state index contributed by atoms with van der Waals surface area (Å²) in [4.78, 5) is 2.94. The molecule has 0 spiro atoms. The first kappa shape index (κ1) is 14.8. The van der Waals surface area contributed by atoms with Crippen molar-refractivity contribution < 1.29 is 0 Å². The molecule has 3 rings (SSSR count). The molecule has 2 heteroatoms. The summed E-state index contributed by atoms with van der Waals surface area (Å²) in [7, 11) is 0. The van der Waals surface area contributed by atoms with Crippen molar-refractivity contribution in [2.45, 2.75) is 90.3 Å². The highest BCUT2D eigenvalue weighted by molar-refractivity contribution is 4.99. The molecule has 0 aromatic carbocycles. The maximum Gasteiger partial charge on any atom is 0.0252 e. The van der Waals surface area contributed by atoms with Gasteiger partial charge < -0.3 is 5.32 Å². The van der Waals surface area contributed by atoms with Crippen LogP contribution in [-0.2, 0) is 0 Å². The Bertz CT molecular complexity index is 314. The molecular formula is C18H34N2. The molecule has 2 aliphatic heterocycles. The predicted molar refractivity (Wildman–Crippen MR) is 86.0 cm³/mol. The third-order valence-corrected chi connectivity index (χ3v) is 6.17. The van der Waals surface area contributed by atoms with Crippen molar-refractivity contribution in [2.24, 2.45) is 11.3 Å². The average Bonchev–Trinajstić information content (AvgIpc) is 3.08. The third kappa shape index (κ3) is 2.92. The van der Waals surface area contributed by atoms with Crippen LogP contribution < -0.4 is 5.32 Å². The Kier molecular flexibility index (Phi) is 4.42. The quantitative estimate of drug-likeness (QED) is 0.826. The zero-order valence-corrected chi connectivity index (χ0v) is 13.8. The Morgan fingerprint density at radius 2 is 1.60 bits per heavy atom. The van der Waals surface area contributed by atoms with Gasteiger partial charge in [-0.3, -0.25) is 4.90 Å². The molecule has 3 fully saturated rings. The molecule has 3 aliphatic rings. The van der Waals surface area contributed by atoms with E-state index in [1.54, 1.807) is 0 Å². The van der Waals surface area contributed by atoms with E-state index >= 15 is 0 Å².